The normalized spacial score (nSPS) is 21.0. The molecule has 2 fully saturated rings. The Morgan fingerprint density at radius 3 is 2.46 bits per heavy atom. The van der Waals surface area contributed by atoms with Crippen LogP contribution in [-0.2, 0) is 29.1 Å². The molecule has 1 aromatic carbocycles. The van der Waals surface area contributed by atoms with Crippen LogP contribution >= 0.6 is 0 Å². The Morgan fingerprint density at radius 2 is 1.82 bits per heavy atom. The van der Waals surface area contributed by atoms with Crippen LogP contribution in [0.25, 0.3) is 0 Å². The van der Waals surface area contributed by atoms with Crippen molar-refractivity contribution in [2.75, 3.05) is 19.7 Å². The molecule has 0 spiro atoms. The topological polar surface area (TPSA) is 101 Å². The summed E-state index contributed by atoms with van der Waals surface area (Å²) in [5.41, 5.74) is 0.934. The van der Waals surface area contributed by atoms with Gasteiger partial charge in [0.15, 0.2) is 6.61 Å². The molecule has 2 saturated heterocycles. The number of rotatable bonds is 5. The van der Waals surface area contributed by atoms with Gasteiger partial charge in [0.2, 0.25) is 15.9 Å². The van der Waals surface area contributed by atoms with E-state index in [1.54, 1.807) is 12.1 Å². The molecule has 2 aliphatic rings. The van der Waals surface area contributed by atoms with Gasteiger partial charge in [-0.2, -0.15) is 4.31 Å². The number of hydrogen-bond acceptors (Lipinski definition) is 6. The number of nitrogens with zero attached hydrogens (tertiary/aromatic N) is 2. The van der Waals surface area contributed by atoms with Crippen LogP contribution in [0.1, 0.15) is 37.7 Å². The summed E-state index contributed by atoms with van der Waals surface area (Å²) in [5.74, 6) is -1.60. The highest BCUT2D eigenvalue weighted by atomic mass is 32.2. The van der Waals surface area contributed by atoms with Crippen LogP contribution in [0.3, 0.4) is 0 Å². The van der Waals surface area contributed by atoms with Crippen molar-refractivity contribution in [3.8, 4) is 0 Å². The van der Waals surface area contributed by atoms with Crippen LogP contribution < -0.4 is 0 Å². The van der Waals surface area contributed by atoms with E-state index >= 15 is 0 Å². The van der Waals surface area contributed by atoms with Crippen molar-refractivity contribution >= 4 is 27.8 Å². The second kappa shape index (κ2) is 8.40. The van der Waals surface area contributed by atoms with Crippen molar-refractivity contribution in [3.05, 3.63) is 29.8 Å². The van der Waals surface area contributed by atoms with Crippen LogP contribution in [0.4, 0.5) is 0 Å². The van der Waals surface area contributed by atoms with Crippen LogP contribution in [-0.4, -0.2) is 61.1 Å². The van der Waals surface area contributed by atoms with E-state index < -0.39 is 34.5 Å². The largest absolute Gasteiger partial charge is 0.454 e. The molecule has 3 rings (SSSR count). The minimum atomic E-state index is -3.85. The van der Waals surface area contributed by atoms with Crippen molar-refractivity contribution in [2.24, 2.45) is 0 Å². The van der Waals surface area contributed by atoms with Gasteiger partial charge >= 0.3 is 5.97 Å². The number of esters is 1. The Labute approximate surface area is 164 Å². The maximum Gasteiger partial charge on any atom is 0.324 e. The second-order valence-electron chi connectivity index (χ2n) is 7.09. The predicted octanol–water partition coefficient (Wildman–Crippen LogP) is 1.23. The van der Waals surface area contributed by atoms with Gasteiger partial charge in [0, 0.05) is 19.5 Å². The maximum absolute atomic E-state index is 13.0. The number of benzene rings is 1. The maximum atomic E-state index is 13.0. The van der Waals surface area contributed by atoms with Crippen LogP contribution in [0.15, 0.2) is 29.2 Å². The highest BCUT2D eigenvalue weighted by Gasteiger charge is 2.39. The summed E-state index contributed by atoms with van der Waals surface area (Å²) in [7, 11) is -3.85. The lowest BCUT2D eigenvalue weighted by Gasteiger charge is -2.33. The molecule has 2 amide bonds. The second-order valence-corrected chi connectivity index (χ2v) is 8.98. The molecule has 1 atom stereocenters. The molecule has 2 aliphatic heterocycles. The monoisotopic (exact) mass is 408 g/mol. The molecule has 0 radical (unpaired) electrons. The molecule has 2 heterocycles. The SMILES string of the molecule is Cc1ccc(S(=O)(=O)N2CCCC[C@@H]2C(=O)OCC(=O)N2CCCC2=O)cc1. The van der Waals surface area contributed by atoms with Gasteiger partial charge < -0.3 is 4.74 Å². The van der Waals surface area contributed by atoms with Crippen molar-refractivity contribution < 1.29 is 27.5 Å². The van der Waals surface area contributed by atoms with Crippen molar-refractivity contribution in [1.29, 1.82) is 0 Å². The average Bonchev–Trinajstić information content (AvgIpc) is 3.12. The molecule has 9 heteroatoms. The molecule has 0 aromatic heterocycles. The van der Waals surface area contributed by atoms with E-state index in [0.717, 1.165) is 14.8 Å². The van der Waals surface area contributed by atoms with E-state index in [1.807, 2.05) is 6.92 Å². The Bertz CT molecular complexity index is 865. The Morgan fingerprint density at radius 1 is 1.11 bits per heavy atom. The summed E-state index contributed by atoms with van der Waals surface area (Å²) in [6.07, 6.45) is 2.59. The van der Waals surface area contributed by atoms with Gasteiger partial charge in [-0.25, -0.2) is 8.42 Å². The molecule has 1 aromatic rings. The van der Waals surface area contributed by atoms with E-state index in [0.29, 0.717) is 38.6 Å². The number of carbonyl (C=O) groups excluding carboxylic acids is 3. The van der Waals surface area contributed by atoms with Crippen LogP contribution in [0.5, 0.6) is 0 Å². The molecule has 0 unspecified atom stereocenters. The zero-order valence-corrected chi connectivity index (χ0v) is 16.6. The van der Waals surface area contributed by atoms with Crippen molar-refractivity contribution in [3.63, 3.8) is 0 Å². The number of hydrogen-bond donors (Lipinski definition) is 0. The van der Waals surface area contributed by atoms with E-state index in [4.69, 9.17) is 4.74 Å². The van der Waals surface area contributed by atoms with Crippen molar-refractivity contribution in [1.82, 2.24) is 9.21 Å². The Kier molecular flexibility index (Phi) is 6.14. The number of ether oxygens (including phenoxy) is 1. The zero-order valence-electron chi connectivity index (χ0n) is 15.8. The highest BCUT2D eigenvalue weighted by Crippen LogP contribution is 2.26. The first-order valence-electron chi connectivity index (χ1n) is 9.39. The molecule has 0 N–H and O–H groups in total. The zero-order chi connectivity index (χ0) is 20.3. The third kappa shape index (κ3) is 4.25. The lowest BCUT2D eigenvalue weighted by molar-refractivity contribution is -0.157. The van der Waals surface area contributed by atoms with Crippen molar-refractivity contribution in [2.45, 2.75) is 50.0 Å². The van der Waals surface area contributed by atoms with Gasteiger partial charge in [-0.15, -0.1) is 0 Å². The third-order valence-corrected chi connectivity index (χ3v) is 6.99. The number of sulfonamides is 1. The van der Waals surface area contributed by atoms with E-state index in [2.05, 4.69) is 0 Å². The highest BCUT2D eigenvalue weighted by molar-refractivity contribution is 7.89. The molecule has 0 saturated carbocycles. The van der Waals surface area contributed by atoms with Gasteiger partial charge in [0.05, 0.1) is 4.90 Å². The van der Waals surface area contributed by atoms with E-state index in [1.165, 1.54) is 12.1 Å². The van der Waals surface area contributed by atoms with Gasteiger partial charge in [0.25, 0.3) is 5.91 Å². The van der Waals surface area contributed by atoms with Gasteiger partial charge in [-0.05, 0) is 44.7 Å². The molecule has 0 aliphatic carbocycles. The molecule has 152 valence electrons. The minimum absolute atomic E-state index is 0.122. The number of likely N-dealkylation sites (tertiary alicyclic amines) is 1. The van der Waals surface area contributed by atoms with E-state index in [-0.39, 0.29) is 17.3 Å². The summed E-state index contributed by atoms with van der Waals surface area (Å²) < 4.78 is 32.3. The van der Waals surface area contributed by atoms with Gasteiger partial charge in [-0.3, -0.25) is 19.3 Å². The molecule has 0 bridgehead atoms. The summed E-state index contributed by atoms with van der Waals surface area (Å²) in [6, 6.07) is 5.47. The quantitative estimate of drug-likeness (QED) is 0.679. The summed E-state index contributed by atoms with van der Waals surface area (Å²) in [4.78, 5) is 37.4. The lowest BCUT2D eigenvalue weighted by Crippen LogP contribution is -2.49. The predicted molar refractivity (Wildman–Crippen MR) is 99.6 cm³/mol. The lowest BCUT2D eigenvalue weighted by atomic mass is 10.1. The average molecular weight is 408 g/mol. The number of imide groups is 1. The minimum Gasteiger partial charge on any atom is -0.454 e. The molecule has 8 nitrogen and oxygen atoms in total. The summed E-state index contributed by atoms with van der Waals surface area (Å²) >= 11 is 0. The molecule has 28 heavy (non-hydrogen) atoms. The van der Waals surface area contributed by atoms with E-state index in [9.17, 15) is 22.8 Å². The first kappa shape index (κ1) is 20.5. The van der Waals surface area contributed by atoms with Crippen LogP contribution in [0, 0.1) is 6.92 Å². The number of amides is 2. The Hall–Kier alpha value is -2.26. The summed E-state index contributed by atoms with van der Waals surface area (Å²) in [6.45, 7) is 1.85. The van der Waals surface area contributed by atoms with Crippen LogP contribution in [0.2, 0.25) is 0 Å². The smallest absolute Gasteiger partial charge is 0.324 e. The fourth-order valence-corrected chi connectivity index (χ4v) is 5.14. The first-order chi connectivity index (χ1) is 13.3. The van der Waals surface area contributed by atoms with Gasteiger partial charge in [-0.1, -0.05) is 17.7 Å². The molecular formula is C19H24N2O6S. The standard InChI is InChI=1S/C19H24N2O6S/c1-14-7-9-15(10-8-14)28(25,26)21-12-3-2-5-16(21)19(24)27-13-18(23)20-11-4-6-17(20)22/h7-10,16H,2-6,11-13H2,1H3/t16-/m1/s1. The number of aryl methyl sites for hydroxylation is 1. The fourth-order valence-electron chi connectivity index (χ4n) is 3.49. The fraction of sp³-hybridized carbons (Fsp3) is 0.526. The van der Waals surface area contributed by atoms with Gasteiger partial charge in [0.1, 0.15) is 6.04 Å². The third-order valence-electron chi connectivity index (χ3n) is 5.07. The first-order valence-corrected chi connectivity index (χ1v) is 10.8. The molecular weight excluding hydrogens is 384 g/mol. The number of piperidine rings is 1. The summed E-state index contributed by atoms with van der Waals surface area (Å²) in [5, 5.41) is 0. The Balaban J connectivity index is 1.70. The number of carbonyl (C=O) groups is 3.